The van der Waals surface area contributed by atoms with E-state index in [0.717, 1.165) is 0 Å². The zero-order chi connectivity index (χ0) is 11.8. The first kappa shape index (κ1) is 14.5. The van der Waals surface area contributed by atoms with Crippen molar-refractivity contribution in [3.63, 3.8) is 0 Å². The lowest BCUT2D eigenvalue weighted by Crippen LogP contribution is -2.47. The summed E-state index contributed by atoms with van der Waals surface area (Å²) in [4.78, 5) is 12.8. The van der Waals surface area contributed by atoms with Gasteiger partial charge in [0.2, 0.25) is 5.91 Å². The predicted octanol–water partition coefficient (Wildman–Crippen LogP) is 0.328. The quantitative estimate of drug-likeness (QED) is 0.378. The lowest BCUT2D eigenvalue weighted by Gasteiger charge is -2.24. The molecule has 0 saturated heterocycles. The van der Waals surface area contributed by atoms with Gasteiger partial charge in [-0.3, -0.25) is 4.79 Å². The Labute approximate surface area is 96.4 Å². The summed E-state index contributed by atoms with van der Waals surface area (Å²) in [5, 5.41) is 12.1. The normalized spacial score (nSPS) is 12.0. The van der Waals surface area contributed by atoms with E-state index in [-0.39, 0.29) is 17.8 Å². The molecule has 0 heterocycles. The maximum Gasteiger partial charge on any atom is 0.373 e. The van der Waals surface area contributed by atoms with Crippen LogP contribution in [0.3, 0.4) is 0 Å². The van der Waals surface area contributed by atoms with Crippen LogP contribution >= 0.6 is 11.6 Å². The molecule has 0 bridgehead atoms. The topological polar surface area (TPSA) is 52.6 Å². The summed E-state index contributed by atoms with van der Waals surface area (Å²) in [7, 11) is 1.08. The average Bonchev–Trinajstić information content (AvgIpc) is 2.15. The van der Waals surface area contributed by atoms with Crippen molar-refractivity contribution in [2.24, 2.45) is 0 Å². The van der Waals surface area contributed by atoms with E-state index in [1.54, 1.807) is 19.9 Å². The van der Waals surface area contributed by atoms with Crippen LogP contribution < -0.4 is 5.23 Å². The highest BCUT2D eigenvalue weighted by Gasteiger charge is 2.16. The Balaban J connectivity index is 4.14. The minimum atomic E-state index is -0.602. The van der Waals surface area contributed by atoms with Gasteiger partial charge < -0.3 is 15.2 Å². The third kappa shape index (κ3) is 6.55. The molecule has 0 unspecified atom stereocenters. The monoisotopic (exact) mass is 232 g/mol. The van der Waals surface area contributed by atoms with E-state index in [4.69, 9.17) is 11.6 Å². The van der Waals surface area contributed by atoms with Crippen LogP contribution in [0.1, 0.15) is 6.42 Å². The highest BCUT2D eigenvalue weighted by atomic mass is 35.5. The summed E-state index contributed by atoms with van der Waals surface area (Å²) in [6.07, 6.45) is 2.43. The zero-order valence-corrected chi connectivity index (χ0v) is 10.00. The van der Waals surface area contributed by atoms with E-state index in [0.29, 0.717) is 13.0 Å². The van der Waals surface area contributed by atoms with Gasteiger partial charge in [-0.25, -0.2) is 0 Å². The standard InChI is InChI=1S/C9H18BClN2O2/c1-4-5-8(12-10(2)15)7-13(3)9(14)6-11/h4,8,12,15H,1,5-7H2,2-3H3/t8-/m1/s1. The Morgan fingerprint density at radius 3 is 2.80 bits per heavy atom. The van der Waals surface area contributed by atoms with Crippen molar-refractivity contribution < 1.29 is 9.82 Å². The third-order valence-corrected chi connectivity index (χ3v) is 2.19. The van der Waals surface area contributed by atoms with E-state index in [9.17, 15) is 9.82 Å². The lowest BCUT2D eigenvalue weighted by molar-refractivity contribution is -0.127. The molecular weight excluding hydrogens is 214 g/mol. The maximum absolute atomic E-state index is 11.2. The van der Waals surface area contributed by atoms with Crippen molar-refractivity contribution in [3.8, 4) is 0 Å². The molecule has 4 nitrogen and oxygen atoms in total. The van der Waals surface area contributed by atoms with Gasteiger partial charge in [-0.15, -0.1) is 18.2 Å². The number of hydrogen-bond donors (Lipinski definition) is 2. The fraction of sp³-hybridized carbons (Fsp3) is 0.667. The SMILES string of the molecule is C=CC[C@H](CN(C)C(=O)CCl)NB(C)O. The van der Waals surface area contributed by atoms with Crippen LogP contribution in [0.2, 0.25) is 6.82 Å². The number of likely N-dealkylation sites (N-methyl/N-ethyl adjacent to an activating group) is 1. The van der Waals surface area contributed by atoms with Crippen LogP contribution in [0.15, 0.2) is 12.7 Å². The number of carbonyl (C=O) groups is 1. The molecule has 1 amide bonds. The summed E-state index contributed by atoms with van der Waals surface area (Å²) in [6, 6.07) is -0.000309. The molecule has 0 fully saturated rings. The second-order valence-electron chi connectivity index (χ2n) is 3.47. The summed E-state index contributed by atoms with van der Waals surface area (Å²) in [5.41, 5.74) is 0. The molecule has 0 radical (unpaired) electrons. The number of halogens is 1. The van der Waals surface area contributed by atoms with Gasteiger partial charge in [0.1, 0.15) is 5.88 Å². The molecule has 6 heteroatoms. The average molecular weight is 233 g/mol. The molecule has 0 rings (SSSR count). The van der Waals surface area contributed by atoms with Crippen LogP contribution in [0.4, 0.5) is 0 Å². The number of rotatable bonds is 7. The van der Waals surface area contributed by atoms with Gasteiger partial charge >= 0.3 is 7.05 Å². The van der Waals surface area contributed by atoms with E-state index in [1.165, 1.54) is 4.90 Å². The summed E-state index contributed by atoms with van der Waals surface area (Å²) >= 11 is 5.43. The molecule has 15 heavy (non-hydrogen) atoms. The Morgan fingerprint density at radius 1 is 1.80 bits per heavy atom. The summed E-state index contributed by atoms with van der Waals surface area (Å²) in [6.45, 7) is 5.77. The van der Waals surface area contributed by atoms with Gasteiger partial charge in [-0.05, 0) is 13.2 Å². The number of amides is 1. The Kier molecular flexibility index (Phi) is 7.47. The molecule has 0 aliphatic carbocycles. The Bertz CT molecular complexity index is 214. The maximum atomic E-state index is 11.2. The van der Waals surface area contributed by atoms with E-state index >= 15 is 0 Å². The van der Waals surface area contributed by atoms with Gasteiger partial charge in [0, 0.05) is 19.6 Å². The van der Waals surface area contributed by atoms with Crippen LogP contribution in [0.25, 0.3) is 0 Å². The highest BCUT2D eigenvalue weighted by Crippen LogP contribution is 1.98. The van der Waals surface area contributed by atoms with E-state index < -0.39 is 7.05 Å². The van der Waals surface area contributed by atoms with Crippen molar-refractivity contribution >= 4 is 24.6 Å². The van der Waals surface area contributed by atoms with Crippen LogP contribution in [-0.4, -0.2) is 48.4 Å². The van der Waals surface area contributed by atoms with Crippen LogP contribution in [-0.2, 0) is 4.79 Å². The number of nitrogens with one attached hydrogen (secondary N) is 1. The fourth-order valence-electron chi connectivity index (χ4n) is 1.27. The third-order valence-electron chi connectivity index (χ3n) is 1.96. The molecule has 0 aromatic carbocycles. The molecule has 1 atom stereocenters. The molecular formula is C9H18BClN2O2. The molecule has 0 aliphatic rings. The first-order valence-electron chi connectivity index (χ1n) is 4.86. The van der Waals surface area contributed by atoms with Crippen molar-refractivity contribution in [2.45, 2.75) is 19.3 Å². The number of nitrogens with zero attached hydrogens (tertiary/aromatic N) is 1. The first-order valence-corrected chi connectivity index (χ1v) is 5.39. The second-order valence-corrected chi connectivity index (χ2v) is 3.74. The molecule has 0 saturated carbocycles. The van der Waals surface area contributed by atoms with Crippen molar-refractivity contribution in [1.29, 1.82) is 0 Å². The van der Waals surface area contributed by atoms with Crippen LogP contribution in [0, 0.1) is 0 Å². The number of alkyl halides is 1. The minimum absolute atomic E-state index is 0.000309. The molecule has 86 valence electrons. The zero-order valence-electron chi connectivity index (χ0n) is 9.24. The summed E-state index contributed by atoms with van der Waals surface area (Å²) < 4.78 is 0. The predicted molar refractivity (Wildman–Crippen MR) is 63.9 cm³/mol. The molecule has 0 spiro atoms. The Hall–Kier alpha value is -0.515. The Morgan fingerprint density at radius 2 is 2.40 bits per heavy atom. The van der Waals surface area contributed by atoms with Gasteiger partial charge in [0.15, 0.2) is 0 Å². The van der Waals surface area contributed by atoms with E-state index in [1.807, 2.05) is 0 Å². The summed E-state index contributed by atoms with van der Waals surface area (Å²) in [5.74, 6) is -0.149. The van der Waals surface area contributed by atoms with Gasteiger partial charge in [0.25, 0.3) is 0 Å². The first-order chi connectivity index (χ1) is 7.01. The number of hydrogen-bond acceptors (Lipinski definition) is 3. The molecule has 2 N–H and O–H groups in total. The molecule has 0 aliphatic heterocycles. The van der Waals surface area contributed by atoms with Crippen molar-refractivity contribution in [1.82, 2.24) is 10.1 Å². The largest absolute Gasteiger partial charge is 0.437 e. The smallest absolute Gasteiger partial charge is 0.373 e. The molecule has 0 aromatic heterocycles. The van der Waals surface area contributed by atoms with Crippen LogP contribution in [0.5, 0.6) is 0 Å². The fourth-order valence-corrected chi connectivity index (χ4v) is 1.48. The van der Waals surface area contributed by atoms with E-state index in [2.05, 4.69) is 11.8 Å². The van der Waals surface area contributed by atoms with Gasteiger partial charge in [-0.1, -0.05) is 6.08 Å². The lowest BCUT2D eigenvalue weighted by atomic mass is 9.86. The number of carbonyl (C=O) groups excluding carboxylic acids is 1. The van der Waals surface area contributed by atoms with Crippen molar-refractivity contribution in [2.75, 3.05) is 19.5 Å². The minimum Gasteiger partial charge on any atom is -0.437 e. The van der Waals surface area contributed by atoms with Gasteiger partial charge in [0.05, 0.1) is 0 Å². The van der Waals surface area contributed by atoms with Crippen molar-refractivity contribution in [3.05, 3.63) is 12.7 Å². The second kappa shape index (κ2) is 7.73. The highest BCUT2D eigenvalue weighted by molar-refractivity contribution is 6.45. The van der Waals surface area contributed by atoms with Gasteiger partial charge in [-0.2, -0.15) is 0 Å². The molecule has 0 aromatic rings.